The van der Waals surface area contributed by atoms with Gasteiger partial charge in [-0.25, -0.2) is 0 Å². The van der Waals surface area contributed by atoms with Gasteiger partial charge in [-0.15, -0.1) is 0 Å². The summed E-state index contributed by atoms with van der Waals surface area (Å²) in [7, 11) is 0. The first-order valence-electron chi connectivity index (χ1n) is 7.41. The summed E-state index contributed by atoms with van der Waals surface area (Å²) in [5, 5.41) is 3.37. The molecule has 0 aromatic rings. The summed E-state index contributed by atoms with van der Waals surface area (Å²) in [6.45, 7) is 11.7. The summed E-state index contributed by atoms with van der Waals surface area (Å²) < 4.78 is 11.9. The Morgan fingerprint density at radius 2 is 1.72 bits per heavy atom. The average molecular weight is 256 g/mol. The van der Waals surface area contributed by atoms with Gasteiger partial charge in [0.2, 0.25) is 0 Å². The topological polar surface area (TPSA) is 33.7 Å². The van der Waals surface area contributed by atoms with Gasteiger partial charge in [-0.3, -0.25) is 4.90 Å². The van der Waals surface area contributed by atoms with E-state index in [4.69, 9.17) is 9.47 Å². The van der Waals surface area contributed by atoms with Crippen molar-refractivity contribution in [1.82, 2.24) is 10.2 Å². The van der Waals surface area contributed by atoms with Crippen molar-refractivity contribution in [2.45, 2.75) is 58.0 Å². The maximum atomic E-state index is 6.09. The van der Waals surface area contributed by atoms with Gasteiger partial charge in [-0.2, -0.15) is 0 Å². The normalized spacial score (nSPS) is 38.2. The Bertz CT molecular complexity index is 240. The van der Waals surface area contributed by atoms with Gasteiger partial charge in [0, 0.05) is 26.2 Å². The largest absolute Gasteiger partial charge is 0.373 e. The van der Waals surface area contributed by atoms with E-state index in [2.05, 4.69) is 31.0 Å². The molecule has 0 spiro atoms. The van der Waals surface area contributed by atoms with Crippen LogP contribution in [-0.4, -0.2) is 62.0 Å². The molecule has 2 fully saturated rings. The molecule has 2 rings (SSSR count). The Kier molecular flexibility index (Phi) is 5.42. The molecule has 2 heterocycles. The molecule has 18 heavy (non-hydrogen) atoms. The molecule has 1 N–H and O–H groups in total. The second kappa shape index (κ2) is 6.85. The lowest BCUT2D eigenvalue weighted by Crippen LogP contribution is -2.48. The first-order chi connectivity index (χ1) is 8.67. The number of hydrogen-bond acceptors (Lipinski definition) is 4. The molecule has 0 saturated carbocycles. The monoisotopic (exact) mass is 256 g/mol. The van der Waals surface area contributed by atoms with E-state index in [1.54, 1.807) is 0 Å². The number of likely N-dealkylation sites (N-methyl/N-ethyl adjacent to an activating group) is 1. The van der Waals surface area contributed by atoms with E-state index in [0.717, 1.165) is 32.7 Å². The van der Waals surface area contributed by atoms with Gasteiger partial charge in [-0.1, -0.05) is 6.92 Å². The fourth-order valence-corrected chi connectivity index (χ4v) is 3.09. The van der Waals surface area contributed by atoms with Crippen molar-refractivity contribution in [1.29, 1.82) is 0 Å². The number of hydrogen-bond donors (Lipinski definition) is 1. The zero-order chi connectivity index (χ0) is 13.0. The molecular weight excluding hydrogens is 228 g/mol. The van der Waals surface area contributed by atoms with Crippen molar-refractivity contribution in [3.05, 3.63) is 0 Å². The molecule has 4 unspecified atom stereocenters. The summed E-state index contributed by atoms with van der Waals surface area (Å²) in [6, 6.07) is 0. The van der Waals surface area contributed by atoms with Gasteiger partial charge >= 0.3 is 0 Å². The van der Waals surface area contributed by atoms with Crippen LogP contribution in [0.3, 0.4) is 0 Å². The van der Waals surface area contributed by atoms with E-state index in [1.165, 1.54) is 12.8 Å². The molecule has 0 radical (unpaired) electrons. The van der Waals surface area contributed by atoms with Crippen LogP contribution >= 0.6 is 0 Å². The summed E-state index contributed by atoms with van der Waals surface area (Å²) in [6.07, 6.45) is 3.96. The summed E-state index contributed by atoms with van der Waals surface area (Å²) in [5.41, 5.74) is 0. The minimum absolute atomic E-state index is 0.354. The highest BCUT2D eigenvalue weighted by Crippen LogP contribution is 2.21. The van der Waals surface area contributed by atoms with Gasteiger partial charge in [0.25, 0.3) is 0 Å². The maximum absolute atomic E-state index is 6.09. The van der Waals surface area contributed by atoms with Crippen LogP contribution in [0.2, 0.25) is 0 Å². The van der Waals surface area contributed by atoms with Crippen LogP contribution in [0.5, 0.6) is 0 Å². The highest BCUT2D eigenvalue weighted by atomic mass is 16.5. The first kappa shape index (κ1) is 14.3. The van der Waals surface area contributed by atoms with E-state index >= 15 is 0 Å². The van der Waals surface area contributed by atoms with Gasteiger partial charge in [-0.05, 0) is 33.2 Å². The SMILES string of the molecule is CCNCC1CCC(CN2CC(C)OC(C)C2)O1. The van der Waals surface area contributed by atoms with Crippen molar-refractivity contribution in [2.24, 2.45) is 0 Å². The third-order valence-electron chi connectivity index (χ3n) is 3.77. The summed E-state index contributed by atoms with van der Waals surface area (Å²) in [5.74, 6) is 0. The Hall–Kier alpha value is -0.160. The Balaban J connectivity index is 1.70. The van der Waals surface area contributed by atoms with Crippen LogP contribution in [0.4, 0.5) is 0 Å². The highest BCUT2D eigenvalue weighted by Gasteiger charge is 2.29. The molecule has 4 atom stereocenters. The smallest absolute Gasteiger partial charge is 0.0707 e. The third kappa shape index (κ3) is 4.19. The second-order valence-corrected chi connectivity index (χ2v) is 5.74. The molecule has 2 aliphatic heterocycles. The summed E-state index contributed by atoms with van der Waals surface area (Å²) >= 11 is 0. The van der Waals surface area contributed by atoms with Crippen LogP contribution < -0.4 is 5.32 Å². The molecule has 0 aromatic carbocycles. The zero-order valence-electron chi connectivity index (χ0n) is 12.0. The predicted octanol–water partition coefficient (Wildman–Crippen LogP) is 1.25. The number of morpholine rings is 1. The van der Waals surface area contributed by atoms with Crippen molar-refractivity contribution in [3.8, 4) is 0 Å². The fourth-order valence-electron chi connectivity index (χ4n) is 3.09. The number of nitrogens with one attached hydrogen (secondary N) is 1. The lowest BCUT2D eigenvalue weighted by molar-refractivity contribution is -0.0811. The minimum Gasteiger partial charge on any atom is -0.373 e. The molecular formula is C14H28N2O2. The Morgan fingerprint density at radius 3 is 2.39 bits per heavy atom. The summed E-state index contributed by atoms with van der Waals surface area (Å²) in [4.78, 5) is 2.50. The zero-order valence-corrected chi connectivity index (χ0v) is 12.0. The predicted molar refractivity (Wildman–Crippen MR) is 72.9 cm³/mol. The number of nitrogens with zero attached hydrogens (tertiary/aromatic N) is 1. The molecule has 0 aliphatic carbocycles. The number of ether oxygens (including phenoxy) is 2. The van der Waals surface area contributed by atoms with Gasteiger partial charge < -0.3 is 14.8 Å². The molecule has 0 aromatic heterocycles. The highest BCUT2D eigenvalue weighted by molar-refractivity contribution is 4.81. The van der Waals surface area contributed by atoms with Crippen LogP contribution in [0, 0.1) is 0 Å². The van der Waals surface area contributed by atoms with Crippen molar-refractivity contribution in [3.63, 3.8) is 0 Å². The Morgan fingerprint density at radius 1 is 1.06 bits per heavy atom. The molecule has 0 amide bonds. The van der Waals surface area contributed by atoms with E-state index in [0.29, 0.717) is 24.4 Å². The van der Waals surface area contributed by atoms with Crippen molar-refractivity contribution >= 4 is 0 Å². The Labute approximate surface area is 111 Å². The van der Waals surface area contributed by atoms with Gasteiger partial charge in [0.1, 0.15) is 0 Å². The van der Waals surface area contributed by atoms with Crippen molar-refractivity contribution < 1.29 is 9.47 Å². The quantitative estimate of drug-likeness (QED) is 0.803. The fraction of sp³-hybridized carbons (Fsp3) is 1.00. The minimum atomic E-state index is 0.354. The first-order valence-corrected chi connectivity index (χ1v) is 7.41. The lowest BCUT2D eigenvalue weighted by atomic mass is 10.1. The standard InChI is InChI=1S/C14H28N2O2/c1-4-15-7-13-5-6-14(18-13)10-16-8-11(2)17-12(3)9-16/h11-15H,4-10H2,1-3H3. The molecule has 4 nitrogen and oxygen atoms in total. The lowest BCUT2D eigenvalue weighted by Gasteiger charge is -2.36. The van der Waals surface area contributed by atoms with Crippen LogP contribution in [0.25, 0.3) is 0 Å². The molecule has 2 aliphatic rings. The second-order valence-electron chi connectivity index (χ2n) is 5.74. The molecule has 0 bridgehead atoms. The van der Waals surface area contributed by atoms with E-state index in [-0.39, 0.29) is 0 Å². The molecule has 106 valence electrons. The maximum Gasteiger partial charge on any atom is 0.0707 e. The molecule has 4 heteroatoms. The number of rotatable bonds is 5. The van der Waals surface area contributed by atoms with E-state index < -0.39 is 0 Å². The average Bonchev–Trinajstić information content (AvgIpc) is 2.72. The van der Waals surface area contributed by atoms with Gasteiger partial charge in [0.05, 0.1) is 24.4 Å². The van der Waals surface area contributed by atoms with E-state index in [1.807, 2.05) is 0 Å². The third-order valence-corrected chi connectivity index (χ3v) is 3.77. The van der Waals surface area contributed by atoms with Gasteiger partial charge in [0.15, 0.2) is 0 Å². The van der Waals surface area contributed by atoms with Crippen LogP contribution in [0.15, 0.2) is 0 Å². The van der Waals surface area contributed by atoms with Crippen LogP contribution in [-0.2, 0) is 9.47 Å². The molecule has 2 saturated heterocycles. The van der Waals surface area contributed by atoms with Crippen LogP contribution in [0.1, 0.15) is 33.6 Å². The van der Waals surface area contributed by atoms with Crippen molar-refractivity contribution in [2.75, 3.05) is 32.7 Å². The van der Waals surface area contributed by atoms with E-state index in [9.17, 15) is 0 Å².